The lowest BCUT2D eigenvalue weighted by atomic mass is 9.85. The monoisotopic (exact) mass is 637 g/mol. The number of methoxy groups -OCH3 is 1. The van der Waals surface area contributed by atoms with Gasteiger partial charge in [-0.3, -0.25) is 4.79 Å². The molecule has 1 saturated carbocycles. The van der Waals surface area contributed by atoms with Crippen molar-refractivity contribution >= 4 is 11.6 Å². The summed E-state index contributed by atoms with van der Waals surface area (Å²) in [7, 11) is 1.36. The van der Waals surface area contributed by atoms with E-state index in [1.165, 1.54) is 49.9 Å². The third-order valence-electron chi connectivity index (χ3n) is 10.3. The molecule has 1 saturated heterocycles. The van der Waals surface area contributed by atoms with Crippen LogP contribution in [0.5, 0.6) is 28.7 Å². The molecule has 0 bridgehead atoms. The number of carbonyl (C=O) groups excluding carboxylic acids is 1. The molecule has 9 nitrogen and oxygen atoms in total. The van der Waals surface area contributed by atoms with E-state index in [-0.39, 0.29) is 46.2 Å². The average molecular weight is 638 g/mol. The van der Waals surface area contributed by atoms with Crippen LogP contribution in [0, 0.1) is 0 Å². The fourth-order valence-corrected chi connectivity index (χ4v) is 7.59. The number of benzene rings is 3. The molecule has 2 fully saturated rings. The molecule has 1 aromatic heterocycles. The maximum Gasteiger partial charge on any atom is 0.204 e. The Balaban J connectivity index is 1.22. The number of ether oxygens (including phenoxy) is 2. The average Bonchev–Trinajstić information content (AvgIpc) is 3.74. The second-order valence-corrected chi connectivity index (χ2v) is 13.4. The van der Waals surface area contributed by atoms with E-state index in [1.807, 2.05) is 0 Å². The number of phenolic OH excluding ortho intramolecular Hbond substituents is 3. The first-order valence-corrected chi connectivity index (χ1v) is 16.7. The highest BCUT2D eigenvalue weighted by Crippen LogP contribution is 2.52. The van der Waals surface area contributed by atoms with Crippen LogP contribution in [-0.2, 0) is 18.3 Å². The highest BCUT2D eigenvalue weighted by Gasteiger charge is 2.37. The quantitative estimate of drug-likeness (QED) is 0.147. The van der Waals surface area contributed by atoms with Gasteiger partial charge in [0.2, 0.25) is 5.75 Å². The van der Waals surface area contributed by atoms with Crippen LogP contribution in [0.2, 0.25) is 0 Å². The number of phenols is 3. The Bertz CT molecular complexity index is 1780. The Morgan fingerprint density at radius 1 is 0.979 bits per heavy atom. The molecule has 7 rings (SSSR count). The number of piperazine rings is 1. The topological polar surface area (TPSA) is 127 Å². The molecular weight excluding hydrogens is 594 g/mol. The van der Waals surface area contributed by atoms with Crippen LogP contribution in [0.4, 0.5) is 5.82 Å². The summed E-state index contributed by atoms with van der Waals surface area (Å²) < 4.78 is 11.7. The van der Waals surface area contributed by atoms with E-state index in [1.54, 1.807) is 24.3 Å². The number of H-pyrrole nitrogens is 1. The number of aryl methyl sites for hydroxylation is 1. The lowest BCUT2D eigenvalue weighted by molar-refractivity contribution is 0.0840. The van der Waals surface area contributed by atoms with Crippen LogP contribution in [-0.4, -0.2) is 59.4 Å². The van der Waals surface area contributed by atoms with Gasteiger partial charge in [0.25, 0.3) is 0 Å². The maximum absolute atomic E-state index is 13.4. The van der Waals surface area contributed by atoms with Crippen molar-refractivity contribution in [2.24, 2.45) is 0 Å². The highest BCUT2D eigenvalue weighted by molar-refractivity contribution is 6.04. The van der Waals surface area contributed by atoms with E-state index in [0.717, 1.165) is 37.3 Å². The molecule has 3 aromatic carbocycles. The number of aromatic amines is 1. The number of aromatic nitrogens is 1. The van der Waals surface area contributed by atoms with Gasteiger partial charge in [-0.1, -0.05) is 56.2 Å². The first-order valence-electron chi connectivity index (χ1n) is 16.7. The highest BCUT2D eigenvalue weighted by atomic mass is 16.5. The van der Waals surface area contributed by atoms with Gasteiger partial charge in [-0.25, -0.2) is 0 Å². The van der Waals surface area contributed by atoms with Gasteiger partial charge >= 0.3 is 0 Å². The first kappa shape index (κ1) is 31.0. The molecule has 0 radical (unpaired) electrons. The van der Waals surface area contributed by atoms with Gasteiger partial charge in [0.05, 0.1) is 13.5 Å². The second kappa shape index (κ2) is 12.5. The minimum atomic E-state index is -0.627. The normalized spacial score (nSPS) is 19.0. The molecule has 3 heterocycles. The summed E-state index contributed by atoms with van der Waals surface area (Å²) in [5.41, 5.74) is 6.02. The zero-order valence-electron chi connectivity index (χ0n) is 27.1. The predicted molar refractivity (Wildman–Crippen MR) is 181 cm³/mol. The lowest BCUT2D eigenvalue weighted by Crippen LogP contribution is -2.43. The molecule has 1 atom stereocenters. The number of rotatable bonds is 8. The van der Waals surface area contributed by atoms with E-state index < -0.39 is 11.9 Å². The SMILES string of the molecule is COc1c(O)c(CCc2cccc(-c3cc(C4(C)CCCC4)[nH]c3N3CCNCC3)c2)c2c(c1O)C(=O)CC(c1ccc(O)cc1)O2. The Labute approximate surface area is 275 Å². The summed E-state index contributed by atoms with van der Waals surface area (Å²) in [6.45, 7) is 6.17. The third kappa shape index (κ3) is 5.78. The number of carbonyl (C=O) groups is 1. The number of Topliss-reactive ketones (excluding diaryl/α,β-unsaturated/α-hetero) is 1. The Morgan fingerprint density at radius 2 is 1.72 bits per heavy atom. The van der Waals surface area contributed by atoms with Crippen LogP contribution < -0.4 is 19.7 Å². The van der Waals surface area contributed by atoms with Crippen LogP contribution in [0.25, 0.3) is 11.1 Å². The third-order valence-corrected chi connectivity index (χ3v) is 10.3. The molecular formula is C38H43N3O6. The van der Waals surface area contributed by atoms with E-state index in [2.05, 4.69) is 52.5 Å². The molecule has 9 heteroatoms. The number of hydrogen-bond donors (Lipinski definition) is 5. The van der Waals surface area contributed by atoms with Gasteiger partial charge in [0.15, 0.2) is 17.3 Å². The van der Waals surface area contributed by atoms with Crippen molar-refractivity contribution in [2.45, 2.75) is 63.4 Å². The van der Waals surface area contributed by atoms with E-state index in [0.29, 0.717) is 24.0 Å². The summed E-state index contributed by atoms with van der Waals surface area (Å²) in [5.74, 6) is 0.375. The van der Waals surface area contributed by atoms with Crippen LogP contribution in [0.3, 0.4) is 0 Å². The molecule has 1 unspecified atom stereocenters. The van der Waals surface area contributed by atoms with Crippen molar-refractivity contribution in [3.63, 3.8) is 0 Å². The smallest absolute Gasteiger partial charge is 0.204 e. The van der Waals surface area contributed by atoms with Gasteiger partial charge in [-0.2, -0.15) is 0 Å². The van der Waals surface area contributed by atoms with Gasteiger partial charge < -0.3 is 40.0 Å². The fraction of sp³-hybridized carbons (Fsp3) is 0.395. The number of nitrogens with one attached hydrogen (secondary N) is 2. The molecule has 0 amide bonds. The molecule has 47 heavy (non-hydrogen) atoms. The van der Waals surface area contributed by atoms with E-state index in [9.17, 15) is 20.1 Å². The summed E-state index contributed by atoms with van der Waals surface area (Å²) >= 11 is 0. The first-order chi connectivity index (χ1) is 22.8. The van der Waals surface area contributed by atoms with Gasteiger partial charge in [-0.15, -0.1) is 0 Å². The number of aromatic hydroxyl groups is 3. The summed E-state index contributed by atoms with van der Waals surface area (Å²) in [4.78, 5) is 19.7. The van der Waals surface area contributed by atoms with Crippen molar-refractivity contribution in [1.29, 1.82) is 0 Å². The Kier molecular flexibility index (Phi) is 8.26. The zero-order chi connectivity index (χ0) is 32.7. The van der Waals surface area contributed by atoms with Crippen LogP contribution in [0.15, 0.2) is 54.6 Å². The van der Waals surface area contributed by atoms with E-state index >= 15 is 0 Å². The summed E-state index contributed by atoms with van der Waals surface area (Å²) in [5, 5.41) is 35.5. The largest absolute Gasteiger partial charge is 0.508 e. The minimum absolute atomic E-state index is 0.00780. The van der Waals surface area contributed by atoms with Crippen molar-refractivity contribution < 1.29 is 29.6 Å². The number of hydrogen-bond acceptors (Lipinski definition) is 8. The standard InChI is InChI=1S/C38H43N3O6/c1-38(14-3-4-15-38)31-21-28(37(40-31)41-18-16-39-17-19-41)25-7-5-6-23(20-25)8-13-27-33(44)36(46-2)34(45)32-29(43)22-30(47-35(27)32)24-9-11-26(42)12-10-24/h5-7,9-12,20-21,30,39-40,42,44-45H,3-4,8,13-19,22H2,1-2H3. The summed E-state index contributed by atoms with van der Waals surface area (Å²) in [6.07, 6.45) is 5.18. The van der Waals surface area contributed by atoms with Gasteiger partial charge in [0.1, 0.15) is 29.0 Å². The molecule has 0 spiro atoms. The lowest BCUT2D eigenvalue weighted by Gasteiger charge is -2.30. The maximum atomic E-state index is 13.4. The Hall–Kier alpha value is -4.63. The Morgan fingerprint density at radius 3 is 2.45 bits per heavy atom. The number of anilines is 1. The molecule has 1 aliphatic carbocycles. The summed E-state index contributed by atoms with van der Waals surface area (Å²) in [6, 6.07) is 17.4. The number of nitrogens with zero attached hydrogens (tertiary/aromatic N) is 1. The number of fused-ring (bicyclic) bond motifs is 1. The van der Waals surface area contributed by atoms with Crippen LogP contribution in [0.1, 0.15) is 77.9 Å². The van der Waals surface area contributed by atoms with Gasteiger partial charge in [0, 0.05) is 48.4 Å². The van der Waals surface area contributed by atoms with Crippen molar-refractivity contribution in [3.8, 4) is 39.9 Å². The van der Waals surface area contributed by atoms with E-state index in [4.69, 9.17) is 9.47 Å². The van der Waals surface area contributed by atoms with Crippen molar-refractivity contribution in [3.05, 3.63) is 82.5 Å². The molecule has 3 aliphatic rings. The molecule has 5 N–H and O–H groups in total. The zero-order valence-corrected chi connectivity index (χ0v) is 27.1. The van der Waals surface area contributed by atoms with Crippen molar-refractivity contribution in [1.82, 2.24) is 10.3 Å². The van der Waals surface area contributed by atoms with Crippen molar-refractivity contribution in [2.75, 3.05) is 38.2 Å². The predicted octanol–water partition coefficient (Wildman–Crippen LogP) is 6.54. The van der Waals surface area contributed by atoms with Gasteiger partial charge in [-0.05, 0) is 60.6 Å². The van der Waals surface area contributed by atoms with Crippen LogP contribution >= 0.6 is 0 Å². The minimum Gasteiger partial charge on any atom is -0.508 e. The number of ketones is 1. The molecule has 4 aromatic rings. The fourth-order valence-electron chi connectivity index (χ4n) is 7.59. The molecule has 2 aliphatic heterocycles. The second-order valence-electron chi connectivity index (χ2n) is 13.4. The molecule has 246 valence electrons.